The van der Waals surface area contributed by atoms with Gasteiger partial charge in [0.25, 0.3) is 0 Å². The van der Waals surface area contributed by atoms with Crippen LogP contribution in [0.25, 0.3) is 0 Å². The molecule has 0 saturated heterocycles. The minimum Gasteiger partial charge on any atom is -0.312 e. The molecule has 0 fully saturated rings. The van der Waals surface area contributed by atoms with E-state index in [0.717, 1.165) is 6.42 Å². The summed E-state index contributed by atoms with van der Waals surface area (Å²) >= 11 is 1.90. The van der Waals surface area contributed by atoms with Gasteiger partial charge in [0.1, 0.15) is 0 Å². The van der Waals surface area contributed by atoms with Crippen LogP contribution in [-0.2, 0) is 12.8 Å². The zero-order valence-corrected chi connectivity index (χ0v) is 12.4. The van der Waals surface area contributed by atoms with Gasteiger partial charge in [0.05, 0.1) is 16.7 Å². The zero-order chi connectivity index (χ0) is 13.2. The van der Waals surface area contributed by atoms with Gasteiger partial charge in [0.2, 0.25) is 0 Å². The first-order valence-corrected chi connectivity index (χ1v) is 7.79. The van der Waals surface area contributed by atoms with Gasteiger partial charge in [0.15, 0.2) is 0 Å². The minimum absolute atomic E-state index is 0.465. The Balaban J connectivity index is 1.82. The molecule has 1 atom stereocenters. The summed E-state index contributed by atoms with van der Waals surface area (Å²) in [6, 6.07) is 9.25. The van der Waals surface area contributed by atoms with Crippen molar-refractivity contribution in [3.05, 3.63) is 51.0 Å². The van der Waals surface area contributed by atoms with Crippen molar-refractivity contribution >= 4 is 11.3 Å². The lowest BCUT2D eigenvalue weighted by Gasteiger charge is -2.19. The zero-order valence-electron chi connectivity index (χ0n) is 11.6. The van der Waals surface area contributed by atoms with Crippen LogP contribution in [0.4, 0.5) is 0 Å². The number of nitrogens with one attached hydrogen (secondary N) is 1. The van der Waals surface area contributed by atoms with Crippen LogP contribution in [0.2, 0.25) is 0 Å². The second kappa shape index (κ2) is 5.43. The predicted octanol–water partition coefficient (Wildman–Crippen LogP) is 3.64. The highest BCUT2D eigenvalue weighted by atomic mass is 32.1. The molecule has 19 heavy (non-hydrogen) atoms. The Bertz CT molecular complexity index is 557. The second-order valence-corrected chi connectivity index (χ2v) is 6.48. The number of aryl methyl sites for hydroxylation is 2. The first kappa shape index (κ1) is 12.8. The van der Waals surface area contributed by atoms with E-state index in [2.05, 4.69) is 36.5 Å². The number of fused-ring (bicyclic) bond motifs is 1. The van der Waals surface area contributed by atoms with Gasteiger partial charge in [-0.1, -0.05) is 29.8 Å². The second-order valence-electron chi connectivity index (χ2n) is 5.31. The molecule has 1 aliphatic rings. The lowest BCUT2D eigenvalue weighted by Crippen LogP contribution is -2.21. The molecule has 1 heterocycles. The monoisotopic (exact) mass is 272 g/mol. The molecule has 1 aliphatic carbocycles. The van der Waals surface area contributed by atoms with Crippen LogP contribution in [0.3, 0.4) is 0 Å². The number of rotatable bonds is 3. The molecule has 0 radical (unpaired) electrons. The normalized spacial score (nSPS) is 18.3. The summed E-state index contributed by atoms with van der Waals surface area (Å²) in [7, 11) is 2.04. The average Bonchev–Trinajstić information content (AvgIpc) is 2.83. The Kier molecular flexibility index (Phi) is 3.67. The van der Waals surface area contributed by atoms with E-state index in [-0.39, 0.29) is 0 Å². The highest BCUT2D eigenvalue weighted by Gasteiger charge is 2.23. The van der Waals surface area contributed by atoms with E-state index in [1.54, 1.807) is 0 Å². The smallest absolute Gasteiger partial charge is 0.0975 e. The maximum Gasteiger partial charge on any atom is 0.0975 e. The van der Waals surface area contributed by atoms with Crippen LogP contribution in [0, 0.1) is 6.92 Å². The van der Waals surface area contributed by atoms with Crippen molar-refractivity contribution in [3.8, 4) is 0 Å². The van der Waals surface area contributed by atoms with Gasteiger partial charge in [-0.15, -0.1) is 11.3 Å². The molecule has 1 unspecified atom stereocenters. The van der Waals surface area contributed by atoms with Crippen molar-refractivity contribution in [2.75, 3.05) is 7.05 Å². The molecule has 0 spiro atoms. The fourth-order valence-electron chi connectivity index (χ4n) is 2.71. The van der Waals surface area contributed by atoms with Crippen molar-refractivity contribution in [3.63, 3.8) is 0 Å². The highest BCUT2D eigenvalue weighted by Crippen LogP contribution is 2.33. The van der Waals surface area contributed by atoms with Crippen LogP contribution in [-0.4, -0.2) is 12.0 Å². The number of nitrogens with zero attached hydrogens (tertiary/aromatic N) is 1. The Morgan fingerprint density at radius 2 is 2.11 bits per heavy atom. The van der Waals surface area contributed by atoms with Gasteiger partial charge in [-0.2, -0.15) is 0 Å². The van der Waals surface area contributed by atoms with Crippen molar-refractivity contribution in [2.45, 2.75) is 38.6 Å². The first-order valence-electron chi connectivity index (χ1n) is 6.97. The molecule has 1 aromatic carbocycles. The van der Waals surface area contributed by atoms with Crippen LogP contribution in [0.1, 0.15) is 45.6 Å². The number of hydrogen-bond acceptors (Lipinski definition) is 3. The van der Waals surface area contributed by atoms with Gasteiger partial charge in [0, 0.05) is 11.3 Å². The largest absolute Gasteiger partial charge is 0.312 e. The molecule has 100 valence electrons. The summed E-state index contributed by atoms with van der Waals surface area (Å²) in [6.07, 6.45) is 4.68. The number of aromatic nitrogens is 1. The lowest BCUT2D eigenvalue weighted by atomic mass is 9.98. The summed E-state index contributed by atoms with van der Waals surface area (Å²) < 4.78 is 0. The van der Waals surface area contributed by atoms with Gasteiger partial charge >= 0.3 is 0 Å². The summed E-state index contributed by atoms with van der Waals surface area (Å²) in [4.78, 5) is 6.37. The summed E-state index contributed by atoms with van der Waals surface area (Å²) in [5, 5.41) is 4.65. The molecular formula is C16H20N2S. The summed E-state index contributed by atoms with van der Waals surface area (Å²) in [5.41, 5.74) is 3.98. The molecule has 1 N–H and O–H groups in total. The van der Waals surface area contributed by atoms with Crippen molar-refractivity contribution in [1.82, 2.24) is 10.3 Å². The van der Waals surface area contributed by atoms with Gasteiger partial charge in [-0.3, -0.25) is 0 Å². The molecule has 2 aromatic rings. The van der Waals surface area contributed by atoms with Gasteiger partial charge in [-0.25, -0.2) is 4.98 Å². The van der Waals surface area contributed by atoms with Crippen LogP contribution >= 0.6 is 11.3 Å². The quantitative estimate of drug-likeness (QED) is 0.922. The standard InChI is InChI=1S/C16H20N2S/c1-11-6-8-12(9-7-11)10-15-18-16-13(17-2)4-3-5-14(16)19-15/h6-9,13,17H,3-5,10H2,1-2H3. The van der Waals surface area contributed by atoms with Gasteiger partial charge in [-0.05, 0) is 38.8 Å². The Hall–Kier alpha value is -1.19. The summed E-state index contributed by atoms with van der Waals surface area (Å²) in [5.74, 6) is 0. The van der Waals surface area contributed by atoms with E-state index < -0.39 is 0 Å². The molecule has 0 amide bonds. The number of thiazole rings is 1. The minimum atomic E-state index is 0.465. The van der Waals surface area contributed by atoms with E-state index in [0.29, 0.717) is 6.04 Å². The van der Waals surface area contributed by atoms with Crippen LogP contribution in [0.15, 0.2) is 24.3 Å². The van der Waals surface area contributed by atoms with E-state index >= 15 is 0 Å². The molecule has 2 nitrogen and oxygen atoms in total. The van der Waals surface area contributed by atoms with E-state index in [1.807, 2.05) is 18.4 Å². The average molecular weight is 272 g/mol. The lowest BCUT2D eigenvalue weighted by molar-refractivity contribution is 0.489. The van der Waals surface area contributed by atoms with Gasteiger partial charge < -0.3 is 5.32 Å². The first-order chi connectivity index (χ1) is 9.26. The third kappa shape index (κ3) is 2.72. The van der Waals surface area contributed by atoms with E-state index in [4.69, 9.17) is 4.98 Å². The van der Waals surface area contributed by atoms with Crippen LogP contribution < -0.4 is 5.32 Å². The maximum atomic E-state index is 4.88. The predicted molar refractivity (Wildman–Crippen MR) is 80.8 cm³/mol. The Morgan fingerprint density at radius 3 is 2.84 bits per heavy atom. The maximum absolute atomic E-state index is 4.88. The van der Waals surface area contributed by atoms with E-state index in [9.17, 15) is 0 Å². The molecule has 3 heteroatoms. The fraction of sp³-hybridized carbons (Fsp3) is 0.438. The number of hydrogen-bond donors (Lipinski definition) is 1. The Labute approximate surface area is 118 Å². The van der Waals surface area contributed by atoms with Crippen molar-refractivity contribution in [1.29, 1.82) is 0 Å². The third-order valence-corrected chi connectivity index (χ3v) is 4.95. The highest BCUT2D eigenvalue weighted by molar-refractivity contribution is 7.11. The van der Waals surface area contributed by atoms with Crippen molar-refractivity contribution in [2.24, 2.45) is 0 Å². The van der Waals surface area contributed by atoms with Crippen molar-refractivity contribution < 1.29 is 0 Å². The Morgan fingerprint density at radius 1 is 1.32 bits per heavy atom. The number of benzene rings is 1. The third-order valence-electron chi connectivity index (χ3n) is 3.82. The van der Waals surface area contributed by atoms with Crippen LogP contribution in [0.5, 0.6) is 0 Å². The molecule has 0 aliphatic heterocycles. The molecule has 0 bridgehead atoms. The molecule has 1 aromatic heterocycles. The molecule has 3 rings (SSSR count). The molecule has 0 saturated carbocycles. The van der Waals surface area contributed by atoms with E-state index in [1.165, 1.54) is 46.0 Å². The molecular weight excluding hydrogens is 252 g/mol. The SMILES string of the molecule is CNC1CCCc2sc(Cc3ccc(C)cc3)nc21. The topological polar surface area (TPSA) is 24.9 Å². The summed E-state index contributed by atoms with van der Waals surface area (Å²) in [6.45, 7) is 2.13. The fourth-order valence-corrected chi connectivity index (χ4v) is 3.91.